The average Bonchev–Trinajstić information content (AvgIpc) is 2.59. The Labute approximate surface area is 134 Å². The van der Waals surface area contributed by atoms with Gasteiger partial charge in [-0.1, -0.05) is 13.0 Å². The molecule has 0 unspecified atom stereocenters. The van der Waals surface area contributed by atoms with Crippen LogP contribution in [0.25, 0.3) is 0 Å². The number of halogens is 1. The second kappa shape index (κ2) is 8.07. The topological polar surface area (TPSA) is 76.1 Å². The minimum absolute atomic E-state index is 0.146. The number of anilines is 1. The highest BCUT2D eigenvalue weighted by atomic mass is 19.1. The highest BCUT2D eigenvalue weighted by molar-refractivity contribution is 5.94. The summed E-state index contributed by atoms with van der Waals surface area (Å²) in [7, 11) is 1.54. The van der Waals surface area contributed by atoms with E-state index >= 15 is 0 Å². The molecule has 122 valence electrons. The van der Waals surface area contributed by atoms with Crippen LogP contribution in [0.15, 0.2) is 30.6 Å². The Hall–Kier alpha value is -2.70. The lowest BCUT2D eigenvalue weighted by atomic mass is 10.2. The molecule has 2 N–H and O–H groups in total. The molecule has 0 radical (unpaired) electrons. The zero-order chi connectivity index (χ0) is 16.7. The lowest BCUT2D eigenvalue weighted by Crippen LogP contribution is -2.29. The summed E-state index contributed by atoms with van der Waals surface area (Å²) >= 11 is 0. The van der Waals surface area contributed by atoms with E-state index in [1.165, 1.54) is 6.33 Å². The summed E-state index contributed by atoms with van der Waals surface area (Å²) in [4.78, 5) is 19.7. The van der Waals surface area contributed by atoms with Crippen molar-refractivity contribution in [2.45, 2.75) is 13.3 Å². The van der Waals surface area contributed by atoms with Crippen LogP contribution in [0, 0.1) is 5.82 Å². The predicted molar refractivity (Wildman–Crippen MR) is 85.2 cm³/mol. The van der Waals surface area contributed by atoms with E-state index < -0.39 is 5.82 Å². The van der Waals surface area contributed by atoms with Gasteiger partial charge in [0.15, 0.2) is 11.6 Å². The van der Waals surface area contributed by atoms with Crippen molar-refractivity contribution in [1.29, 1.82) is 0 Å². The number of ether oxygens (including phenoxy) is 1. The molecule has 1 heterocycles. The molecule has 1 amide bonds. The van der Waals surface area contributed by atoms with Crippen molar-refractivity contribution < 1.29 is 13.9 Å². The predicted octanol–water partition coefficient (Wildman–Crippen LogP) is 2.03. The molecule has 0 saturated heterocycles. The van der Waals surface area contributed by atoms with Crippen LogP contribution in [0.2, 0.25) is 0 Å². The third kappa shape index (κ3) is 4.38. The van der Waals surface area contributed by atoms with Crippen LogP contribution in [-0.4, -0.2) is 36.1 Å². The average molecular weight is 318 g/mol. The number of hydrogen-bond donors (Lipinski definition) is 2. The van der Waals surface area contributed by atoms with Gasteiger partial charge in [-0.2, -0.15) is 0 Å². The molecule has 1 aromatic carbocycles. The maximum atomic E-state index is 13.9. The lowest BCUT2D eigenvalue weighted by Gasteiger charge is -2.09. The van der Waals surface area contributed by atoms with Crippen LogP contribution in [0.1, 0.15) is 23.0 Å². The minimum atomic E-state index is -0.450. The molecular formula is C16H19FN4O2. The Morgan fingerprint density at radius 1 is 1.30 bits per heavy atom. The molecule has 2 aromatic rings. The summed E-state index contributed by atoms with van der Waals surface area (Å²) in [5.41, 5.74) is 0.869. The van der Waals surface area contributed by atoms with Crippen LogP contribution in [-0.2, 0) is 6.42 Å². The molecule has 0 fully saturated rings. The molecule has 0 aliphatic carbocycles. The Morgan fingerprint density at radius 2 is 2.13 bits per heavy atom. The molecule has 0 bridgehead atoms. The summed E-state index contributed by atoms with van der Waals surface area (Å²) in [5, 5.41) is 5.60. The number of methoxy groups -OCH3 is 1. The van der Waals surface area contributed by atoms with Crippen LogP contribution in [0.3, 0.4) is 0 Å². The number of aryl methyl sites for hydroxylation is 1. The van der Waals surface area contributed by atoms with Gasteiger partial charge in [0.25, 0.3) is 5.91 Å². The van der Waals surface area contributed by atoms with Crippen molar-refractivity contribution in [2.75, 3.05) is 25.5 Å². The summed E-state index contributed by atoms with van der Waals surface area (Å²) < 4.78 is 19.0. The maximum absolute atomic E-state index is 13.9. The SMILES string of the molecule is CCc1ncnc(NCCNC(=O)c2cccc(OC)c2)c1F. The van der Waals surface area contributed by atoms with Crippen LogP contribution < -0.4 is 15.4 Å². The summed E-state index contributed by atoms with van der Waals surface area (Å²) in [5.74, 6) is 0.0932. The number of aromatic nitrogens is 2. The van der Waals surface area contributed by atoms with E-state index in [2.05, 4.69) is 20.6 Å². The maximum Gasteiger partial charge on any atom is 0.251 e. The van der Waals surface area contributed by atoms with Gasteiger partial charge in [-0.3, -0.25) is 4.79 Å². The number of benzene rings is 1. The zero-order valence-corrected chi connectivity index (χ0v) is 13.1. The number of amides is 1. The van der Waals surface area contributed by atoms with Crippen LogP contribution in [0.4, 0.5) is 10.2 Å². The normalized spacial score (nSPS) is 10.2. The molecule has 0 spiro atoms. The molecule has 6 nitrogen and oxygen atoms in total. The third-order valence-electron chi connectivity index (χ3n) is 3.23. The molecule has 7 heteroatoms. The smallest absolute Gasteiger partial charge is 0.251 e. The molecule has 1 aromatic heterocycles. The first kappa shape index (κ1) is 16.7. The second-order valence-electron chi connectivity index (χ2n) is 4.75. The van der Waals surface area contributed by atoms with E-state index in [4.69, 9.17) is 4.74 Å². The number of rotatable bonds is 7. The van der Waals surface area contributed by atoms with Gasteiger partial charge in [0.05, 0.1) is 12.8 Å². The van der Waals surface area contributed by atoms with Crippen LogP contribution >= 0.6 is 0 Å². The third-order valence-corrected chi connectivity index (χ3v) is 3.23. The monoisotopic (exact) mass is 318 g/mol. The Kier molecular flexibility index (Phi) is 5.85. The van der Waals surface area contributed by atoms with E-state index in [0.717, 1.165) is 0 Å². The van der Waals surface area contributed by atoms with Gasteiger partial charge < -0.3 is 15.4 Å². The van der Waals surface area contributed by atoms with Crippen LogP contribution in [0.5, 0.6) is 5.75 Å². The Bertz CT molecular complexity index is 679. The first-order chi connectivity index (χ1) is 11.2. The summed E-state index contributed by atoms with van der Waals surface area (Å²) in [6.45, 7) is 2.51. The summed E-state index contributed by atoms with van der Waals surface area (Å²) in [6.07, 6.45) is 1.81. The van der Waals surface area contributed by atoms with Crippen molar-refractivity contribution in [3.05, 3.63) is 47.7 Å². The van der Waals surface area contributed by atoms with E-state index in [0.29, 0.717) is 36.5 Å². The van der Waals surface area contributed by atoms with Crippen molar-refractivity contribution in [1.82, 2.24) is 15.3 Å². The highest BCUT2D eigenvalue weighted by Gasteiger charge is 2.09. The quantitative estimate of drug-likeness (QED) is 0.764. The molecule has 2 rings (SSSR count). The van der Waals surface area contributed by atoms with E-state index in [-0.39, 0.29) is 11.7 Å². The first-order valence-electron chi connectivity index (χ1n) is 7.31. The van der Waals surface area contributed by atoms with Crippen molar-refractivity contribution in [3.8, 4) is 5.75 Å². The number of nitrogens with zero attached hydrogens (tertiary/aromatic N) is 2. The fraction of sp³-hybridized carbons (Fsp3) is 0.312. The summed E-state index contributed by atoms with van der Waals surface area (Å²) in [6, 6.07) is 6.86. The number of nitrogens with one attached hydrogen (secondary N) is 2. The fourth-order valence-electron chi connectivity index (χ4n) is 2.00. The molecule has 0 saturated carbocycles. The van der Waals surface area contributed by atoms with Crippen molar-refractivity contribution in [2.24, 2.45) is 0 Å². The molecule has 0 aliphatic rings. The number of carbonyl (C=O) groups is 1. The van der Waals surface area contributed by atoms with Crippen molar-refractivity contribution in [3.63, 3.8) is 0 Å². The molecular weight excluding hydrogens is 299 g/mol. The van der Waals surface area contributed by atoms with E-state index in [9.17, 15) is 9.18 Å². The Morgan fingerprint density at radius 3 is 2.87 bits per heavy atom. The minimum Gasteiger partial charge on any atom is -0.497 e. The zero-order valence-electron chi connectivity index (χ0n) is 13.1. The first-order valence-corrected chi connectivity index (χ1v) is 7.31. The van der Waals surface area contributed by atoms with Gasteiger partial charge in [0.2, 0.25) is 0 Å². The van der Waals surface area contributed by atoms with Gasteiger partial charge in [0.1, 0.15) is 12.1 Å². The molecule has 0 aliphatic heterocycles. The molecule has 23 heavy (non-hydrogen) atoms. The van der Waals surface area contributed by atoms with Gasteiger partial charge in [-0.25, -0.2) is 14.4 Å². The Balaban J connectivity index is 1.84. The van der Waals surface area contributed by atoms with E-state index in [1.54, 1.807) is 31.4 Å². The van der Waals surface area contributed by atoms with E-state index in [1.807, 2.05) is 6.92 Å². The number of hydrogen-bond acceptors (Lipinski definition) is 5. The standard InChI is InChI=1S/C16H19FN4O2/c1-3-13-14(17)15(21-10-20-13)18-7-8-19-16(22)11-5-4-6-12(9-11)23-2/h4-6,9-10H,3,7-8H2,1-2H3,(H,19,22)(H,18,20,21). The fourth-order valence-corrected chi connectivity index (χ4v) is 2.00. The lowest BCUT2D eigenvalue weighted by molar-refractivity contribution is 0.0955. The van der Waals surface area contributed by atoms with Crippen molar-refractivity contribution >= 4 is 11.7 Å². The molecule has 0 atom stereocenters. The second-order valence-corrected chi connectivity index (χ2v) is 4.75. The van der Waals surface area contributed by atoms with Gasteiger partial charge in [-0.05, 0) is 24.6 Å². The largest absolute Gasteiger partial charge is 0.497 e. The van der Waals surface area contributed by atoms with Gasteiger partial charge in [-0.15, -0.1) is 0 Å². The number of carbonyl (C=O) groups excluding carboxylic acids is 1. The van der Waals surface area contributed by atoms with Gasteiger partial charge >= 0.3 is 0 Å². The highest BCUT2D eigenvalue weighted by Crippen LogP contribution is 2.13. The van der Waals surface area contributed by atoms with Gasteiger partial charge in [0, 0.05) is 18.7 Å².